The normalized spacial score (nSPS) is 19.1. The summed E-state index contributed by atoms with van der Waals surface area (Å²) >= 11 is 0. The first kappa shape index (κ1) is 16.8. The summed E-state index contributed by atoms with van der Waals surface area (Å²) in [5, 5.41) is 6.59. The highest BCUT2D eigenvalue weighted by molar-refractivity contribution is 5.79. The number of nitrogens with zero attached hydrogens (tertiary/aromatic N) is 1. The fourth-order valence-corrected chi connectivity index (χ4v) is 2.35. The number of ether oxygens (including phenoxy) is 2. The van der Waals surface area contributed by atoms with Crippen LogP contribution in [0.2, 0.25) is 0 Å². The van der Waals surface area contributed by atoms with Gasteiger partial charge in [-0.25, -0.2) is 0 Å². The van der Waals surface area contributed by atoms with Crippen LogP contribution in [0.25, 0.3) is 0 Å². The molecule has 0 aliphatic carbocycles. The molecule has 1 aromatic rings. The summed E-state index contributed by atoms with van der Waals surface area (Å²) in [5.41, 5.74) is 0. The fourth-order valence-electron chi connectivity index (χ4n) is 2.35. The lowest BCUT2D eigenvalue weighted by molar-refractivity contribution is 0.0224. The summed E-state index contributed by atoms with van der Waals surface area (Å²) in [6, 6.07) is 3.88. The van der Waals surface area contributed by atoms with Crippen LogP contribution in [0.3, 0.4) is 0 Å². The molecule has 2 rings (SSSR count). The molecule has 1 saturated heterocycles. The van der Waals surface area contributed by atoms with E-state index in [1.54, 1.807) is 13.4 Å². The second-order valence-corrected chi connectivity index (χ2v) is 5.35. The Kier molecular flexibility index (Phi) is 7.83. The number of aliphatic imine (C=N–C) groups is 1. The zero-order valence-electron chi connectivity index (χ0n) is 13.3. The highest BCUT2D eigenvalue weighted by atomic mass is 16.5. The third kappa shape index (κ3) is 6.49. The lowest BCUT2D eigenvalue weighted by atomic mass is 10.1. The molecule has 124 valence electrons. The van der Waals surface area contributed by atoms with E-state index in [4.69, 9.17) is 13.9 Å². The number of hydrogen-bond donors (Lipinski definition) is 2. The minimum absolute atomic E-state index is 0.250. The maximum absolute atomic E-state index is 5.72. The summed E-state index contributed by atoms with van der Waals surface area (Å²) in [5.74, 6) is 1.78. The molecule has 0 saturated carbocycles. The van der Waals surface area contributed by atoms with E-state index in [0.29, 0.717) is 13.2 Å². The second-order valence-electron chi connectivity index (χ2n) is 5.35. The Balaban J connectivity index is 1.75. The van der Waals surface area contributed by atoms with Gasteiger partial charge in [0.15, 0.2) is 5.96 Å². The predicted molar refractivity (Wildman–Crippen MR) is 86.2 cm³/mol. The second kappa shape index (κ2) is 10.2. The van der Waals surface area contributed by atoms with E-state index in [9.17, 15) is 0 Å². The van der Waals surface area contributed by atoms with Crippen molar-refractivity contribution in [2.75, 3.05) is 40.0 Å². The minimum atomic E-state index is 0.250. The zero-order valence-corrected chi connectivity index (χ0v) is 13.3. The third-order valence-corrected chi connectivity index (χ3v) is 3.57. The lowest BCUT2D eigenvalue weighted by Crippen LogP contribution is -2.40. The van der Waals surface area contributed by atoms with Crippen LogP contribution in [-0.2, 0) is 15.9 Å². The molecule has 2 N–H and O–H groups in total. The molecule has 0 bridgehead atoms. The van der Waals surface area contributed by atoms with E-state index in [1.165, 1.54) is 12.8 Å². The molecule has 0 aromatic carbocycles. The third-order valence-electron chi connectivity index (χ3n) is 3.57. The molecule has 1 atom stereocenters. The van der Waals surface area contributed by atoms with Gasteiger partial charge in [-0.1, -0.05) is 0 Å². The van der Waals surface area contributed by atoms with E-state index in [2.05, 4.69) is 15.6 Å². The standard InChI is InChI=1S/C16H27N3O3/c1-20-12-9-18-16(17-8-7-14-6-4-11-21-14)19-13-15-5-2-3-10-22-15/h4,6,11,15H,2-3,5,7-10,12-13H2,1H3,(H2,17,18,19). The topological polar surface area (TPSA) is 68.0 Å². The van der Waals surface area contributed by atoms with Gasteiger partial charge in [-0.3, -0.25) is 4.99 Å². The minimum Gasteiger partial charge on any atom is -0.469 e. The Morgan fingerprint density at radius 1 is 1.36 bits per heavy atom. The monoisotopic (exact) mass is 309 g/mol. The first-order chi connectivity index (χ1) is 10.9. The summed E-state index contributed by atoms with van der Waals surface area (Å²) in [6.07, 6.45) is 6.28. The summed E-state index contributed by atoms with van der Waals surface area (Å²) in [6.45, 7) is 3.72. The van der Waals surface area contributed by atoms with Crippen LogP contribution in [0, 0.1) is 0 Å². The summed E-state index contributed by atoms with van der Waals surface area (Å²) < 4.78 is 16.1. The number of nitrogens with one attached hydrogen (secondary N) is 2. The van der Waals surface area contributed by atoms with Crippen LogP contribution in [0.1, 0.15) is 25.0 Å². The van der Waals surface area contributed by atoms with E-state index in [-0.39, 0.29) is 6.10 Å². The molecule has 22 heavy (non-hydrogen) atoms. The maximum atomic E-state index is 5.72. The Hall–Kier alpha value is -1.53. The molecule has 2 heterocycles. The largest absolute Gasteiger partial charge is 0.469 e. The van der Waals surface area contributed by atoms with Crippen LogP contribution in [0.4, 0.5) is 0 Å². The van der Waals surface area contributed by atoms with E-state index >= 15 is 0 Å². The van der Waals surface area contributed by atoms with Gasteiger partial charge in [0, 0.05) is 33.2 Å². The molecule has 1 aromatic heterocycles. The number of furan rings is 1. The van der Waals surface area contributed by atoms with Crippen molar-refractivity contribution in [3.05, 3.63) is 24.2 Å². The molecule has 1 aliphatic rings. The molecule has 1 fully saturated rings. The van der Waals surface area contributed by atoms with E-state index in [1.807, 2.05) is 12.1 Å². The molecule has 6 nitrogen and oxygen atoms in total. The zero-order chi connectivity index (χ0) is 15.5. The molecule has 6 heteroatoms. The van der Waals surface area contributed by atoms with Crippen LogP contribution in [-0.4, -0.2) is 52.0 Å². The lowest BCUT2D eigenvalue weighted by Gasteiger charge is -2.21. The van der Waals surface area contributed by atoms with Crippen molar-refractivity contribution >= 4 is 5.96 Å². The van der Waals surface area contributed by atoms with E-state index < -0.39 is 0 Å². The average molecular weight is 309 g/mol. The average Bonchev–Trinajstić information content (AvgIpc) is 3.06. The van der Waals surface area contributed by atoms with Gasteiger partial charge < -0.3 is 24.5 Å². The van der Waals surface area contributed by atoms with Crippen molar-refractivity contribution in [3.8, 4) is 0 Å². The van der Waals surface area contributed by atoms with Crippen LogP contribution < -0.4 is 10.6 Å². The van der Waals surface area contributed by atoms with Crippen molar-refractivity contribution in [1.29, 1.82) is 0 Å². The SMILES string of the molecule is COCCNC(=NCC1CCCCO1)NCCc1ccco1. The molecule has 0 radical (unpaired) electrons. The maximum Gasteiger partial charge on any atom is 0.191 e. The Morgan fingerprint density at radius 2 is 2.27 bits per heavy atom. The first-order valence-electron chi connectivity index (χ1n) is 8.03. The Labute approximate surface area is 132 Å². The van der Waals surface area contributed by atoms with Crippen molar-refractivity contribution in [2.45, 2.75) is 31.8 Å². The van der Waals surface area contributed by atoms with E-state index in [0.717, 1.165) is 44.3 Å². The number of rotatable bonds is 8. The molecule has 1 aliphatic heterocycles. The quantitative estimate of drug-likeness (QED) is 0.433. The van der Waals surface area contributed by atoms with Crippen LogP contribution >= 0.6 is 0 Å². The van der Waals surface area contributed by atoms with Gasteiger partial charge in [-0.2, -0.15) is 0 Å². The van der Waals surface area contributed by atoms with Crippen molar-refractivity contribution < 1.29 is 13.9 Å². The van der Waals surface area contributed by atoms with Crippen molar-refractivity contribution in [1.82, 2.24) is 10.6 Å². The van der Waals surface area contributed by atoms with Gasteiger partial charge >= 0.3 is 0 Å². The Morgan fingerprint density at radius 3 is 3.00 bits per heavy atom. The highest BCUT2D eigenvalue weighted by Gasteiger charge is 2.13. The molecule has 1 unspecified atom stereocenters. The predicted octanol–water partition coefficient (Wildman–Crippen LogP) is 1.57. The van der Waals surface area contributed by atoms with Gasteiger partial charge in [-0.05, 0) is 31.4 Å². The van der Waals surface area contributed by atoms with Gasteiger partial charge in [0.1, 0.15) is 5.76 Å². The van der Waals surface area contributed by atoms with Gasteiger partial charge in [0.05, 0.1) is 25.5 Å². The van der Waals surface area contributed by atoms with Crippen molar-refractivity contribution in [2.24, 2.45) is 4.99 Å². The molecule has 0 spiro atoms. The van der Waals surface area contributed by atoms with Crippen molar-refractivity contribution in [3.63, 3.8) is 0 Å². The number of guanidine groups is 1. The highest BCUT2D eigenvalue weighted by Crippen LogP contribution is 2.12. The fraction of sp³-hybridized carbons (Fsp3) is 0.688. The van der Waals surface area contributed by atoms with Gasteiger partial charge in [0.25, 0.3) is 0 Å². The first-order valence-corrected chi connectivity index (χ1v) is 8.03. The number of hydrogen-bond acceptors (Lipinski definition) is 4. The molecular formula is C16H27N3O3. The summed E-state index contributed by atoms with van der Waals surface area (Å²) in [4.78, 5) is 4.62. The van der Waals surface area contributed by atoms with Crippen LogP contribution in [0.15, 0.2) is 27.8 Å². The molecular weight excluding hydrogens is 282 g/mol. The Bertz CT molecular complexity index is 414. The smallest absolute Gasteiger partial charge is 0.191 e. The van der Waals surface area contributed by atoms with Crippen LogP contribution in [0.5, 0.6) is 0 Å². The van der Waals surface area contributed by atoms with Gasteiger partial charge in [-0.15, -0.1) is 0 Å². The molecule has 0 amide bonds. The summed E-state index contributed by atoms with van der Waals surface area (Å²) in [7, 11) is 1.69. The number of methoxy groups -OCH3 is 1. The van der Waals surface area contributed by atoms with Gasteiger partial charge in [0.2, 0.25) is 0 Å².